The van der Waals surface area contributed by atoms with Gasteiger partial charge in [-0.15, -0.1) is 0 Å². The van der Waals surface area contributed by atoms with Crippen LogP contribution in [0.15, 0.2) is 40.9 Å². The van der Waals surface area contributed by atoms with Crippen LogP contribution in [0.3, 0.4) is 0 Å². The number of halogens is 1. The Labute approximate surface area is 182 Å². The molecule has 0 unspecified atom stereocenters. The molecule has 1 aliphatic heterocycles. The number of benzene rings is 2. The topological polar surface area (TPSA) is 105 Å². The second-order valence-corrected chi connectivity index (χ2v) is 8.28. The average molecular weight is 475 g/mol. The molecule has 158 valence electrons. The average Bonchev–Trinajstić information content (AvgIpc) is 2.68. The zero-order valence-corrected chi connectivity index (χ0v) is 18.4. The number of hydrogen-bond donors (Lipinski definition) is 2. The van der Waals surface area contributed by atoms with Gasteiger partial charge in [0, 0.05) is 40.4 Å². The van der Waals surface area contributed by atoms with Crippen LogP contribution in [0.4, 0.5) is 17.1 Å². The molecule has 0 bridgehead atoms. The fraction of sp³-hybridized carbons (Fsp3) is 0.333. The Morgan fingerprint density at radius 2 is 2.03 bits per heavy atom. The van der Waals surface area contributed by atoms with Gasteiger partial charge < -0.3 is 15.5 Å². The predicted octanol–water partition coefficient (Wildman–Crippen LogP) is 3.89. The molecular formula is C21H23BrN4O4. The zero-order chi connectivity index (χ0) is 21.8. The van der Waals surface area contributed by atoms with Crippen LogP contribution < -0.4 is 15.5 Å². The van der Waals surface area contributed by atoms with Crippen molar-refractivity contribution in [3.63, 3.8) is 0 Å². The van der Waals surface area contributed by atoms with Crippen molar-refractivity contribution in [2.24, 2.45) is 0 Å². The molecule has 0 fully saturated rings. The molecule has 0 saturated heterocycles. The van der Waals surface area contributed by atoms with Gasteiger partial charge in [0.2, 0.25) is 5.91 Å². The van der Waals surface area contributed by atoms with Crippen LogP contribution in [-0.4, -0.2) is 35.9 Å². The van der Waals surface area contributed by atoms with E-state index in [1.807, 2.05) is 36.9 Å². The molecule has 2 amide bonds. The Bertz CT molecular complexity index is 993. The summed E-state index contributed by atoms with van der Waals surface area (Å²) in [4.78, 5) is 37.5. The number of amides is 2. The number of nitrogens with zero attached hydrogens (tertiary/aromatic N) is 2. The van der Waals surface area contributed by atoms with Gasteiger partial charge in [-0.05, 0) is 66.4 Å². The third-order valence-corrected chi connectivity index (χ3v) is 5.44. The van der Waals surface area contributed by atoms with Crippen LogP contribution in [0.2, 0.25) is 0 Å². The van der Waals surface area contributed by atoms with E-state index in [-0.39, 0.29) is 30.1 Å². The molecule has 9 heteroatoms. The third kappa shape index (κ3) is 4.96. The van der Waals surface area contributed by atoms with Crippen molar-refractivity contribution in [3.8, 4) is 0 Å². The van der Waals surface area contributed by atoms with Gasteiger partial charge in [0.15, 0.2) is 0 Å². The molecule has 0 saturated carbocycles. The SMILES string of the molecule is CC(C)NC(=O)c1cccc2c1CCCN2CC(=O)Nc1ccc([N+](=O)[O-])cc1Br. The molecular weight excluding hydrogens is 452 g/mol. The zero-order valence-electron chi connectivity index (χ0n) is 16.8. The molecule has 0 aliphatic carbocycles. The highest BCUT2D eigenvalue weighted by Crippen LogP contribution is 2.31. The Morgan fingerprint density at radius 3 is 2.70 bits per heavy atom. The Hall–Kier alpha value is -2.94. The number of anilines is 2. The Morgan fingerprint density at radius 1 is 1.27 bits per heavy atom. The summed E-state index contributed by atoms with van der Waals surface area (Å²) in [7, 11) is 0. The summed E-state index contributed by atoms with van der Waals surface area (Å²) in [5, 5.41) is 16.6. The monoisotopic (exact) mass is 474 g/mol. The summed E-state index contributed by atoms with van der Waals surface area (Å²) >= 11 is 3.26. The highest BCUT2D eigenvalue weighted by atomic mass is 79.9. The minimum Gasteiger partial charge on any atom is -0.362 e. The van der Waals surface area contributed by atoms with E-state index in [1.165, 1.54) is 18.2 Å². The van der Waals surface area contributed by atoms with E-state index >= 15 is 0 Å². The van der Waals surface area contributed by atoms with E-state index in [0.29, 0.717) is 22.3 Å². The van der Waals surface area contributed by atoms with Crippen molar-refractivity contribution in [2.45, 2.75) is 32.7 Å². The molecule has 1 aliphatic rings. The Balaban J connectivity index is 1.75. The van der Waals surface area contributed by atoms with Gasteiger partial charge in [0.25, 0.3) is 11.6 Å². The van der Waals surface area contributed by atoms with E-state index < -0.39 is 4.92 Å². The number of hydrogen-bond acceptors (Lipinski definition) is 5. The molecule has 1 heterocycles. The van der Waals surface area contributed by atoms with Crippen molar-refractivity contribution in [1.82, 2.24) is 5.32 Å². The second kappa shape index (κ2) is 9.25. The first-order valence-corrected chi connectivity index (χ1v) is 10.5. The lowest BCUT2D eigenvalue weighted by atomic mass is 9.95. The van der Waals surface area contributed by atoms with Gasteiger partial charge in [-0.3, -0.25) is 19.7 Å². The fourth-order valence-electron chi connectivity index (χ4n) is 3.50. The van der Waals surface area contributed by atoms with E-state index in [2.05, 4.69) is 26.6 Å². The molecule has 0 spiro atoms. The molecule has 0 aromatic heterocycles. The summed E-state index contributed by atoms with van der Waals surface area (Å²) < 4.78 is 0.441. The van der Waals surface area contributed by atoms with E-state index in [0.717, 1.165) is 24.1 Å². The molecule has 2 N–H and O–H groups in total. The van der Waals surface area contributed by atoms with Crippen LogP contribution in [0.5, 0.6) is 0 Å². The molecule has 30 heavy (non-hydrogen) atoms. The predicted molar refractivity (Wildman–Crippen MR) is 119 cm³/mol. The number of carbonyl (C=O) groups is 2. The number of fused-ring (bicyclic) bond motifs is 1. The first kappa shape index (κ1) is 21.8. The first-order valence-electron chi connectivity index (χ1n) is 9.67. The van der Waals surface area contributed by atoms with Crippen molar-refractivity contribution >= 4 is 44.8 Å². The van der Waals surface area contributed by atoms with Gasteiger partial charge in [-0.2, -0.15) is 0 Å². The molecule has 0 atom stereocenters. The van der Waals surface area contributed by atoms with Gasteiger partial charge in [-0.1, -0.05) is 6.07 Å². The third-order valence-electron chi connectivity index (χ3n) is 4.78. The van der Waals surface area contributed by atoms with Crippen molar-refractivity contribution in [2.75, 3.05) is 23.3 Å². The highest BCUT2D eigenvalue weighted by molar-refractivity contribution is 9.10. The van der Waals surface area contributed by atoms with E-state index in [1.54, 1.807) is 0 Å². The number of nitro groups is 1. The molecule has 2 aromatic carbocycles. The smallest absolute Gasteiger partial charge is 0.270 e. The number of rotatable bonds is 6. The summed E-state index contributed by atoms with van der Waals surface area (Å²) in [6, 6.07) is 9.81. The Kier molecular flexibility index (Phi) is 6.71. The van der Waals surface area contributed by atoms with E-state index in [4.69, 9.17) is 0 Å². The molecule has 3 rings (SSSR count). The number of nitrogens with one attached hydrogen (secondary N) is 2. The highest BCUT2D eigenvalue weighted by Gasteiger charge is 2.24. The molecule has 2 aromatic rings. The summed E-state index contributed by atoms with van der Waals surface area (Å²) in [5.74, 6) is -0.350. The lowest BCUT2D eigenvalue weighted by Crippen LogP contribution is -2.38. The fourth-order valence-corrected chi connectivity index (χ4v) is 3.97. The largest absolute Gasteiger partial charge is 0.362 e. The first-order chi connectivity index (χ1) is 14.3. The normalized spacial score (nSPS) is 13.0. The molecule has 0 radical (unpaired) electrons. The van der Waals surface area contributed by atoms with Crippen LogP contribution in [-0.2, 0) is 11.2 Å². The maximum Gasteiger partial charge on any atom is 0.270 e. The standard InChI is InChI=1S/C21H23BrN4O4/c1-13(2)23-21(28)16-5-3-7-19-15(16)6-4-10-25(19)12-20(27)24-18-9-8-14(26(29)30)11-17(18)22/h3,5,7-9,11,13H,4,6,10,12H2,1-2H3,(H,23,28)(H,24,27). The van der Waals surface area contributed by atoms with Crippen LogP contribution >= 0.6 is 15.9 Å². The number of nitro benzene ring substituents is 1. The second-order valence-electron chi connectivity index (χ2n) is 7.43. The van der Waals surface area contributed by atoms with Crippen molar-refractivity contribution < 1.29 is 14.5 Å². The number of carbonyl (C=O) groups excluding carboxylic acids is 2. The summed E-state index contributed by atoms with van der Waals surface area (Å²) in [5.41, 5.74) is 2.89. The minimum atomic E-state index is -0.492. The van der Waals surface area contributed by atoms with Crippen molar-refractivity contribution in [3.05, 3.63) is 62.1 Å². The van der Waals surface area contributed by atoms with E-state index in [9.17, 15) is 19.7 Å². The van der Waals surface area contributed by atoms with Gasteiger partial charge in [0.05, 0.1) is 17.2 Å². The van der Waals surface area contributed by atoms with Crippen LogP contribution in [0.25, 0.3) is 0 Å². The van der Waals surface area contributed by atoms with Gasteiger partial charge in [-0.25, -0.2) is 0 Å². The van der Waals surface area contributed by atoms with Gasteiger partial charge >= 0.3 is 0 Å². The lowest BCUT2D eigenvalue weighted by Gasteiger charge is -2.32. The summed E-state index contributed by atoms with van der Waals surface area (Å²) in [6.45, 7) is 4.66. The number of non-ortho nitro benzene ring substituents is 1. The maximum absolute atomic E-state index is 12.6. The maximum atomic E-state index is 12.6. The molecule has 8 nitrogen and oxygen atoms in total. The van der Waals surface area contributed by atoms with Crippen LogP contribution in [0, 0.1) is 10.1 Å². The lowest BCUT2D eigenvalue weighted by molar-refractivity contribution is -0.384. The van der Waals surface area contributed by atoms with Crippen molar-refractivity contribution in [1.29, 1.82) is 0 Å². The quantitative estimate of drug-likeness (QED) is 0.488. The van der Waals surface area contributed by atoms with Crippen LogP contribution in [0.1, 0.15) is 36.2 Å². The minimum absolute atomic E-state index is 0.0407. The summed E-state index contributed by atoms with van der Waals surface area (Å²) in [6.07, 6.45) is 1.62. The van der Waals surface area contributed by atoms with Gasteiger partial charge in [0.1, 0.15) is 0 Å².